The summed E-state index contributed by atoms with van der Waals surface area (Å²) in [7, 11) is 1.62. The Morgan fingerprint density at radius 1 is 1.53 bits per heavy atom. The lowest BCUT2D eigenvalue weighted by molar-refractivity contribution is -0.138. The van der Waals surface area contributed by atoms with Crippen LogP contribution >= 0.6 is 0 Å². The van der Waals surface area contributed by atoms with Crippen molar-refractivity contribution in [3.8, 4) is 5.75 Å². The topological polar surface area (TPSA) is 72.5 Å². The molecule has 3 N–H and O–H groups in total. The van der Waals surface area contributed by atoms with Gasteiger partial charge < -0.3 is 15.6 Å². The number of carboxylic acids is 1. The second kappa shape index (κ2) is 4.37. The molecule has 0 saturated heterocycles. The summed E-state index contributed by atoms with van der Waals surface area (Å²) < 4.78 is 5.17. The molecule has 4 heteroatoms. The molecular formula is C13H17NO3. The number of methoxy groups -OCH3 is 1. The minimum absolute atomic E-state index is 0.0175. The van der Waals surface area contributed by atoms with Gasteiger partial charge in [-0.25, -0.2) is 0 Å². The maximum atomic E-state index is 10.8. The molecule has 92 valence electrons. The smallest absolute Gasteiger partial charge is 0.305 e. The first-order valence-corrected chi connectivity index (χ1v) is 5.69. The van der Waals surface area contributed by atoms with E-state index in [4.69, 9.17) is 15.6 Å². The molecule has 0 aromatic heterocycles. The molecule has 1 aliphatic carbocycles. The molecule has 0 fully saturated rings. The third kappa shape index (κ3) is 2.58. The summed E-state index contributed by atoms with van der Waals surface area (Å²) in [6.07, 6.45) is 2.18. The van der Waals surface area contributed by atoms with Crippen molar-refractivity contribution in [3.05, 3.63) is 29.3 Å². The Labute approximate surface area is 100 Å². The van der Waals surface area contributed by atoms with Crippen molar-refractivity contribution in [1.82, 2.24) is 0 Å². The first-order valence-electron chi connectivity index (χ1n) is 5.69. The summed E-state index contributed by atoms with van der Waals surface area (Å²) in [6.45, 7) is 0. The van der Waals surface area contributed by atoms with Crippen LogP contribution in [-0.2, 0) is 17.6 Å². The molecular weight excluding hydrogens is 218 g/mol. The summed E-state index contributed by atoms with van der Waals surface area (Å²) in [4.78, 5) is 10.8. The van der Waals surface area contributed by atoms with Crippen molar-refractivity contribution in [2.24, 2.45) is 5.73 Å². The predicted octanol–water partition coefficient (Wildman–Crippen LogP) is 1.36. The lowest BCUT2D eigenvalue weighted by atomic mass is 9.77. The highest BCUT2D eigenvalue weighted by atomic mass is 16.5. The first-order chi connectivity index (χ1) is 8.02. The highest BCUT2D eigenvalue weighted by Gasteiger charge is 2.32. The van der Waals surface area contributed by atoms with Crippen LogP contribution in [-0.4, -0.2) is 23.7 Å². The molecule has 1 atom stereocenters. The van der Waals surface area contributed by atoms with Crippen LogP contribution in [0, 0.1) is 0 Å². The summed E-state index contributed by atoms with van der Waals surface area (Å²) >= 11 is 0. The van der Waals surface area contributed by atoms with Crippen LogP contribution in [0.5, 0.6) is 5.75 Å². The highest BCUT2D eigenvalue weighted by Crippen LogP contribution is 2.31. The zero-order valence-electron chi connectivity index (χ0n) is 9.90. The number of carbonyl (C=O) groups is 1. The van der Waals surface area contributed by atoms with Gasteiger partial charge in [0, 0.05) is 5.54 Å². The van der Waals surface area contributed by atoms with Gasteiger partial charge in [-0.2, -0.15) is 0 Å². The van der Waals surface area contributed by atoms with Crippen LogP contribution in [0.25, 0.3) is 0 Å². The fraction of sp³-hybridized carbons (Fsp3) is 0.462. The van der Waals surface area contributed by atoms with Gasteiger partial charge in [-0.3, -0.25) is 4.79 Å². The molecule has 1 unspecified atom stereocenters. The molecule has 0 aliphatic heterocycles. The van der Waals surface area contributed by atoms with E-state index >= 15 is 0 Å². The van der Waals surface area contributed by atoms with E-state index in [1.807, 2.05) is 18.2 Å². The normalized spacial score (nSPS) is 22.9. The largest absolute Gasteiger partial charge is 0.497 e. The second-order valence-corrected chi connectivity index (χ2v) is 4.74. The van der Waals surface area contributed by atoms with Crippen LogP contribution in [0.1, 0.15) is 24.0 Å². The molecule has 0 radical (unpaired) electrons. The van der Waals surface area contributed by atoms with Crippen LogP contribution in [0.4, 0.5) is 0 Å². The van der Waals surface area contributed by atoms with Gasteiger partial charge >= 0.3 is 5.97 Å². The van der Waals surface area contributed by atoms with Gasteiger partial charge in [0.15, 0.2) is 0 Å². The van der Waals surface area contributed by atoms with E-state index in [0.29, 0.717) is 6.42 Å². The van der Waals surface area contributed by atoms with Crippen LogP contribution in [0.2, 0.25) is 0 Å². The number of hydrogen-bond acceptors (Lipinski definition) is 3. The summed E-state index contributed by atoms with van der Waals surface area (Å²) in [5.41, 5.74) is 7.88. The molecule has 0 spiro atoms. The Balaban J connectivity index is 2.24. The Kier molecular flexibility index (Phi) is 3.07. The Bertz CT molecular complexity index is 444. The standard InChI is InChI=1S/C13H17NO3/c1-17-11-3-2-9-4-5-13(14,8-12(15)16)7-10(9)6-11/h2-3,6H,4-5,7-8,14H2,1H3,(H,15,16). The average Bonchev–Trinajstić information content (AvgIpc) is 2.26. The SMILES string of the molecule is COc1ccc2c(c1)CC(N)(CC(=O)O)CC2. The molecule has 0 amide bonds. The maximum absolute atomic E-state index is 10.8. The fourth-order valence-corrected chi connectivity index (χ4v) is 2.44. The summed E-state index contributed by atoms with van der Waals surface area (Å²) in [6, 6.07) is 5.92. The molecule has 0 bridgehead atoms. The maximum Gasteiger partial charge on any atom is 0.305 e. The van der Waals surface area contributed by atoms with Crippen molar-refractivity contribution in [2.75, 3.05) is 7.11 Å². The zero-order chi connectivity index (χ0) is 12.5. The number of hydrogen-bond donors (Lipinski definition) is 2. The number of ether oxygens (including phenoxy) is 1. The number of benzene rings is 1. The van der Waals surface area contributed by atoms with Crippen molar-refractivity contribution in [3.63, 3.8) is 0 Å². The summed E-state index contributed by atoms with van der Waals surface area (Å²) in [5, 5.41) is 8.87. The van der Waals surface area contributed by atoms with Gasteiger partial charge in [-0.15, -0.1) is 0 Å². The zero-order valence-corrected chi connectivity index (χ0v) is 9.90. The third-order valence-corrected chi connectivity index (χ3v) is 3.35. The van der Waals surface area contributed by atoms with Crippen molar-refractivity contribution < 1.29 is 14.6 Å². The first kappa shape index (κ1) is 11.9. The molecule has 1 aromatic rings. The molecule has 0 heterocycles. The van der Waals surface area contributed by atoms with Gasteiger partial charge in [0.2, 0.25) is 0 Å². The Hall–Kier alpha value is -1.55. The lowest BCUT2D eigenvalue weighted by Crippen LogP contribution is -2.46. The van der Waals surface area contributed by atoms with Crippen LogP contribution < -0.4 is 10.5 Å². The number of rotatable bonds is 3. The van der Waals surface area contributed by atoms with E-state index in [2.05, 4.69) is 0 Å². The monoisotopic (exact) mass is 235 g/mol. The highest BCUT2D eigenvalue weighted by molar-refractivity contribution is 5.68. The van der Waals surface area contributed by atoms with Gasteiger partial charge in [0.1, 0.15) is 5.75 Å². The van der Waals surface area contributed by atoms with E-state index in [1.54, 1.807) is 7.11 Å². The number of aliphatic carboxylic acids is 1. The van der Waals surface area contributed by atoms with Crippen molar-refractivity contribution in [2.45, 2.75) is 31.2 Å². The van der Waals surface area contributed by atoms with E-state index < -0.39 is 11.5 Å². The second-order valence-electron chi connectivity index (χ2n) is 4.74. The van der Waals surface area contributed by atoms with Gasteiger partial charge in [-0.1, -0.05) is 6.07 Å². The molecule has 4 nitrogen and oxygen atoms in total. The lowest BCUT2D eigenvalue weighted by Gasteiger charge is -2.33. The van der Waals surface area contributed by atoms with E-state index in [1.165, 1.54) is 5.56 Å². The number of fused-ring (bicyclic) bond motifs is 1. The quantitative estimate of drug-likeness (QED) is 0.829. The summed E-state index contributed by atoms with van der Waals surface area (Å²) in [5.74, 6) is -0.0397. The number of carboxylic acid groups (broad SMARTS) is 1. The minimum Gasteiger partial charge on any atom is -0.497 e. The Morgan fingerprint density at radius 2 is 2.29 bits per heavy atom. The van der Waals surface area contributed by atoms with E-state index in [0.717, 1.165) is 24.2 Å². The van der Waals surface area contributed by atoms with Gasteiger partial charge in [-0.05, 0) is 42.5 Å². The fourth-order valence-electron chi connectivity index (χ4n) is 2.44. The van der Waals surface area contributed by atoms with Crippen LogP contribution in [0.3, 0.4) is 0 Å². The number of nitrogens with two attached hydrogens (primary N) is 1. The Morgan fingerprint density at radius 3 is 2.94 bits per heavy atom. The molecule has 17 heavy (non-hydrogen) atoms. The third-order valence-electron chi connectivity index (χ3n) is 3.35. The minimum atomic E-state index is -0.834. The van der Waals surface area contributed by atoms with Crippen molar-refractivity contribution >= 4 is 5.97 Å². The molecule has 1 aliphatic rings. The van der Waals surface area contributed by atoms with Gasteiger partial charge in [0.05, 0.1) is 13.5 Å². The van der Waals surface area contributed by atoms with E-state index in [9.17, 15) is 4.79 Å². The van der Waals surface area contributed by atoms with E-state index in [-0.39, 0.29) is 6.42 Å². The molecule has 0 saturated carbocycles. The predicted molar refractivity (Wildman–Crippen MR) is 64.2 cm³/mol. The molecule has 2 rings (SSSR count). The van der Waals surface area contributed by atoms with Crippen molar-refractivity contribution in [1.29, 1.82) is 0 Å². The average molecular weight is 235 g/mol. The van der Waals surface area contributed by atoms with Crippen LogP contribution in [0.15, 0.2) is 18.2 Å². The van der Waals surface area contributed by atoms with Gasteiger partial charge in [0.25, 0.3) is 0 Å². The molecule has 1 aromatic carbocycles. The number of aryl methyl sites for hydroxylation is 1.